The number of fused-ring (bicyclic) bond motifs is 1. The van der Waals surface area contributed by atoms with Gasteiger partial charge in [0.15, 0.2) is 5.13 Å². The molecule has 0 radical (unpaired) electrons. The first-order chi connectivity index (χ1) is 14.5. The molecule has 0 fully saturated rings. The molecule has 0 aliphatic rings. The third-order valence-corrected chi connectivity index (χ3v) is 4.38. The predicted octanol–water partition coefficient (Wildman–Crippen LogP) is 4.16. The molecule has 2 rings (SSSR count). The van der Waals surface area contributed by atoms with E-state index in [4.69, 9.17) is 14.2 Å². The van der Waals surface area contributed by atoms with Gasteiger partial charge in [-0.15, -0.1) is 13.2 Å². The molecule has 0 atom stereocenters. The number of benzene rings is 1. The van der Waals surface area contributed by atoms with Crippen LogP contribution in [0.15, 0.2) is 18.2 Å². The molecular weight excluding hydrogens is 439 g/mol. The Morgan fingerprint density at radius 2 is 1.74 bits per heavy atom. The summed E-state index contributed by atoms with van der Waals surface area (Å²) in [6, 6.07) is 4.01. The number of nitrogens with zero attached hydrogens (tertiary/aromatic N) is 1. The van der Waals surface area contributed by atoms with Crippen LogP contribution < -0.4 is 15.4 Å². The van der Waals surface area contributed by atoms with Crippen LogP contribution in [0.2, 0.25) is 0 Å². The summed E-state index contributed by atoms with van der Waals surface area (Å²) in [5.74, 6) is -0.278. The van der Waals surface area contributed by atoms with Gasteiger partial charge in [0.2, 0.25) is 0 Å². The molecule has 12 heteroatoms. The number of rotatable bonds is 11. The standard InChI is InChI=1S/C19H26F3N3O5S/c1-18(2,3)30-17(26)24-7-9-28-11-10-27-8-6-23-16-25-14-5-4-13(12-15(14)31-16)29-19(20,21)22/h4-5,12H,6-11H2,1-3H3,(H,23,25)(H,24,26). The van der Waals surface area contributed by atoms with E-state index in [-0.39, 0.29) is 5.75 Å². The summed E-state index contributed by atoms with van der Waals surface area (Å²) in [4.78, 5) is 15.7. The van der Waals surface area contributed by atoms with E-state index in [1.807, 2.05) is 0 Å². The molecule has 0 saturated carbocycles. The van der Waals surface area contributed by atoms with Gasteiger partial charge in [0.25, 0.3) is 0 Å². The van der Waals surface area contributed by atoms with Gasteiger partial charge in [-0.05, 0) is 32.9 Å². The molecule has 1 aromatic carbocycles. The lowest BCUT2D eigenvalue weighted by Crippen LogP contribution is -2.34. The van der Waals surface area contributed by atoms with Crippen molar-refractivity contribution in [1.82, 2.24) is 10.3 Å². The Bertz CT molecular complexity index is 839. The van der Waals surface area contributed by atoms with Crippen molar-refractivity contribution in [2.24, 2.45) is 0 Å². The number of hydrogen-bond acceptors (Lipinski definition) is 8. The van der Waals surface area contributed by atoms with Gasteiger partial charge in [-0.1, -0.05) is 11.3 Å². The van der Waals surface area contributed by atoms with Gasteiger partial charge in [0, 0.05) is 19.2 Å². The van der Waals surface area contributed by atoms with Crippen molar-refractivity contribution in [2.75, 3.05) is 44.8 Å². The SMILES string of the molecule is CC(C)(C)OC(=O)NCCOCCOCCNc1nc2ccc(OC(F)(F)F)cc2s1. The van der Waals surface area contributed by atoms with E-state index in [0.29, 0.717) is 54.9 Å². The van der Waals surface area contributed by atoms with Crippen LogP contribution in [0.1, 0.15) is 20.8 Å². The molecule has 0 spiro atoms. The maximum absolute atomic E-state index is 12.3. The van der Waals surface area contributed by atoms with Gasteiger partial charge in [0.1, 0.15) is 11.4 Å². The van der Waals surface area contributed by atoms with E-state index in [2.05, 4.69) is 20.4 Å². The average Bonchev–Trinajstić information content (AvgIpc) is 3.02. The van der Waals surface area contributed by atoms with E-state index < -0.39 is 18.1 Å². The summed E-state index contributed by atoms with van der Waals surface area (Å²) in [7, 11) is 0. The van der Waals surface area contributed by atoms with Crippen molar-refractivity contribution in [3.05, 3.63) is 18.2 Å². The second-order valence-corrected chi connectivity index (χ2v) is 8.31. The number of nitrogens with one attached hydrogen (secondary N) is 2. The Kier molecular flexibility index (Phi) is 9.14. The highest BCUT2D eigenvalue weighted by atomic mass is 32.1. The fraction of sp³-hybridized carbons (Fsp3) is 0.579. The molecule has 0 bridgehead atoms. The normalized spacial score (nSPS) is 12.1. The molecular formula is C19H26F3N3O5S. The lowest BCUT2D eigenvalue weighted by molar-refractivity contribution is -0.274. The second kappa shape index (κ2) is 11.3. The fourth-order valence-corrected chi connectivity index (χ4v) is 3.19. The Morgan fingerprint density at radius 3 is 2.39 bits per heavy atom. The lowest BCUT2D eigenvalue weighted by Gasteiger charge is -2.19. The maximum atomic E-state index is 12.3. The summed E-state index contributed by atoms with van der Waals surface area (Å²) < 4.78 is 57.3. The van der Waals surface area contributed by atoms with Crippen molar-refractivity contribution in [3.63, 3.8) is 0 Å². The Morgan fingerprint density at radius 1 is 1.06 bits per heavy atom. The van der Waals surface area contributed by atoms with Gasteiger partial charge >= 0.3 is 12.5 Å². The molecule has 0 unspecified atom stereocenters. The number of carbonyl (C=O) groups is 1. The maximum Gasteiger partial charge on any atom is 0.573 e. The third kappa shape index (κ3) is 10.5. The number of aromatic nitrogens is 1. The minimum atomic E-state index is -4.73. The van der Waals surface area contributed by atoms with Crippen molar-refractivity contribution in [3.8, 4) is 5.75 Å². The number of alkyl carbamates (subject to hydrolysis) is 1. The second-order valence-electron chi connectivity index (χ2n) is 7.28. The van der Waals surface area contributed by atoms with Crippen LogP contribution in [0.3, 0.4) is 0 Å². The van der Waals surface area contributed by atoms with Crippen LogP contribution >= 0.6 is 11.3 Å². The monoisotopic (exact) mass is 465 g/mol. The summed E-state index contributed by atoms with van der Waals surface area (Å²) in [6.45, 7) is 7.67. The molecule has 1 amide bonds. The van der Waals surface area contributed by atoms with Gasteiger partial charge < -0.3 is 29.6 Å². The van der Waals surface area contributed by atoms with Crippen molar-refractivity contribution < 1.29 is 36.9 Å². The van der Waals surface area contributed by atoms with Crippen LogP contribution in [0.5, 0.6) is 5.75 Å². The molecule has 174 valence electrons. The number of carbonyl (C=O) groups excluding carboxylic acids is 1. The minimum absolute atomic E-state index is 0.278. The highest BCUT2D eigenvalue weighted by molar-refractivity contribution is 7.22. The minimum Gasteiger partial charge on any atom is -0.444 e. The summed E-state index contributed by atoms with van der Waals surface area (Å²) in [5, 5.41) is 6.23. The molecule has 0 aliphatic heterocycles. The van der Waals surface area contributed by atoms with E-state index in [1.54, 1.807) is 20.8 Å². The number of thiazole rings is 1. The van der Waals surface area contributed by atoms with Gasteiger partial charge in [-0.3, -0.25) is 0 Å². The number of alkyl halides is 3. The van der Waals surface area contributed by atoms with E-state index in [0.717, 1.165) is 0 Å². The quantitative estimate of drug-likeness (QED) is 0.482. The lowest BCUT2D eigenvalue weighted by atomic mass is 10.2. The summed E-state index contributed by atoms with van der Waals surface area (Å²) >= 11 is 1.23. The molecule has 1 aromatic heterocycles. The number of ether oxygens (including phenoxy) is 4. The Balaban J connectivity index is 1.55. The first kappa shape index (κ1) is 25.0. The van der Waals surface area contributed by atoms with Gasteiger partial charge in [-0.25, -0.2) is 9.78 Å². The van der Waals surface area contributed by atoms with Crippen molar-refractivity contribution >= 4 is 32.8 Å². The molecule has 31 heavy (non-hydrogen) atoms. The van der Waals surface area contributed by atoms with Crippen molar-refractivity contribution in [1.29, 1.82) is 0 Å². The smallest absolute Gasteiger partial charge is 0.444 e. The van der Waals surface area contributed by atoms with Crippen LogP contribution in [-0.2, 0) is 14.2 Å². The zero-order chi connectivity index (χ0) is 22.9. The fourth-order valence-electron chi connectivity index (χ4n) is 2.27. The number of halogens is 3. The molecule has 0 saturated heterocycles. The van der Waals surface area contributed by atoms with Gasteiger partial charge in [-0.2, -0.15) is 0 Å². The molecule has 8 nitrogen and oxygen atoms in total. The molecule has 2 N–H and O–H groups in total. The van der Waals surface area contributed by atoms with Crippen LogP contribution in [0.25, 0.3) is 10.2 Å². The molecule has 1 heterocycles. The van der Waals surface area contributed by atoms with Crippen LogP contribution in [0, 0.1) is 0 Å². The molecule has 0 aliphatic carbocycles. The molecule has 2 aromatic rings. The Labute approximate surface area is 182 Å². The van der Waals surface area contributed by atoms with Gasteiger partial charge in [0.05, 0.1) is 36.6 Å². The van der Waals surface area contributed by atoms with E-state index in [9.17, 15) is 18.0 Å². The van der Waals surface area contributed by atoms with E-state index >= 15 is 0 Å². The predicted molar refractivity (Wildman–Crippen MR) is 111 cm³/mol. The van der Waals surface area contributed by atoms with Crippen LogP contribution in [-0.4, -0.2) is 62.6 Å². The van der Waals surface area contributed by atoms with E-state index in [1.165, 1.54) is 29.5 Å². The first-order valence-electron chi connectivity index (χ1n) is 9.54. The number of amides is 1. The zero-order valence-corrected chi connectivity index (χ0v) is 18.3. The topological polar surface area (TPSA) is 90.9 Å². The van der Waals surface area contributed by atoms with Crippen molar-refractivity contribution in [2.45, 2.75) is 32.7 Å². The zero-order valence-electron chi connectivity index (χ0n) is 17.5. The highest BCUT2D eigenvalue weighted by Gasteiger charge is 2.31. The average molecular weight is 465 g/mol. The highest BCUT2D eigenvalue weighted by Crippen LogP contribution is 2.31. The summed E-state index contributed by atoms with van der Waals surface area (Å²) in [5.41, 5.74) is 0.0409. The number of anilines is 1. The largest absolute Gasteiger partial charge is 0.573 e. The van der Waals surface area contributed by atoms with Crippen LogP contribution in [0.4, 0.5) is 23.1 Å². The Hall–Kier alpha value is -2.31. The third-order valence-electron chi connectivity index (χ3n) is 3.40. The summed E-state index contributed by atoms with van der Waals surface area (Å²) in [6.07, 6.45) is -5.22. The number of hydrogen-bond donors (Lipinski definition) is 2. The first-order valence-corrected chi connectivity index (χ1v) is 10.4.